The van der Waals surface area contributed by atoms with Gasteiger partial charge in [0.15, 0.2) is 0 Å². The largest absolute Gasteiger partial charge is 0.395 e. The molecule has 0 radical (unpaired) electrons. The van der Waals surface area contributed by atoms with Gasteiger partial charge in [-0.1, -0.05) is 24.0 Å². The number of carbonyl (C=O) groups is 1. The molecule has 0 unspecified atom stereocenters. The topological polar surface area (TPSA) is 62.2 Å². The molecule has 0 spiro atoms. The molecule has 1 aromatic rings. The van der Waals surface area contributed by atoms with Gasteiger partial charge in [0.1, 0.15) is 13.2 Å². The van der Waals surface area contributed by atoms with Crippen LogP contribution in [0, 0.1) is 11.8 Å². The first-order valence-corrected chi connectivity index (χ1v) is 9.90. The van der Waals surface area contributed by atoms with Crippen LogP contribution in [-0.4, -0.2) is 86.6 Å². The van der Waals surface area contributed by atoms with Crippen LogP contribution >= 0.6 is 0 Å². The summed E-state index contributed by atoms with van der Waals surface area (Å²) in [6, 6.07) is 8.57. The molecule has 28 heavy (non-hydrogen) atoms. The average Bonchev–Trinajstić information content (AvgIpc) is 2.68. The molecular weight excluding hydrogens is 356 g/mol. The maximum Gasteiger partial charge on any atom is 0.248 e. The number of aliphatic hydroxyl groups is 1. The van der Waals surface area contributed by atoms with Gasteiger partial charge in [0, 0.05) is 50.9 Å². The van der Waals surface area contributed by atoms with E-state index >= 15 is 0 Å². The molecule has 0 bridgehead atoms. The van der Waals surface area contributed by atoms with E-state index in [1.54, 1.807) is 14.2 Å². The first-order chi connectivity index (χ1) is 13.7. The Hall–Kier alpha value is -1.91. The van der Waals surface area contributed by atoms with Crippen molar-refractivity contribution in [2.75, 3.05) is 53.7 Å². The molecule has 0 aromatic heterocycles. The highest BCUT2D eigenvalue weighted by molar-refractivity contribution is 5.77. The van der Waals surface area contributed by atoms with Crippen molar-refractivity contribution in [3.05, 3.63) is 35.4 Å². The fourth-order valence-corrected chi connectivity index (χ4v) is 4.38. The number of carbonyl (C=O) groups excluding carboxylic acids is 1. The van der Waals surface area contributed by atoms with Gasteiger partial charge >= 0.3 is 0 Å². The molecule has 2 aliphatic heterocycles. The summed E-state index contributed by atoms with van der Waals surface area (Å²) in [6.07, 6.45) is 2.01. The standard InChI is InChI=1S/C22H30N2O4/c1-27-13-5-6-17-7-9-18(10-8-17)22-19-14-23(21(26)16-28-2)11-3-4-12-24(19)20(22)15-25/h7-10,19-20,22,25H,3-4,11-16H2,1-2H3/t19-,20-,22-/m0/s1. The fourth-order valence-electron chi connectivity index (χ4n) is 4.38. The van der Waals surface area contributed by atoms with Crippen LogP contribution in [0.2, 0.25) is 0 Å². The summed E-state index contributed by atoms with van der Waals surface area (Å²) >= 11 is 0. The van der Waals surface area contributed by atoms with Crippen LogP contribution in [0.1, 0.15) is 29.9 Å². The third-order valence-corrected chi connectivity index (χ3v) is 5.74. The summed E-state index contributed by atoms with van der Waals surface area (Å²) < 4.78 is 10.0. The van der Waals surface area contributed by atoms with Crippen molar-refractivity contribution in [1.82, 2.24) is 9.80 Å². The molecule has 2 fully saturated rings. The zero-order valence-electron chi connectivity index (χ0n) is 16.8. The van der Waals surface area contributed by atoms with Crippen LogP contribution in [0.3, 0.4) is 0 Å². The summed E-state index contributed by atoms with van der Waals surface area (Å²) in [6.45, 7) is 3.09. The first kappa shape index (κ1) is 20.8. The summed E-state index contributed by atoms with van der Waals surface area (Å²) in [4.78, 5) is 16.7. The Kier molecular flexibility index (Phi) is 7.46. The minimum Gasteiger partial charge on any atom is -0.395 e. The second kappa shape index (κ2) is 10.0. The molecule has 2 aliphatic rings. The van der Waals surface area contributed by atoms with Crippen LogP contribution in [-0.2, 0) is 14.3 Å². The van der Waals surface area contributed by atoms with E-state index in [0.717, 1.165) is 31.5 Å². The Bertz CT molecular complexity index is 709. The number of hydrogen-bond donors (Lipinski definition) is 1. The van der Waals surface area contributed by atoms with Gasteiger partial charge in [-0.3, -0.25) is 9.69 Å². The SMILES string of the molecule is COCC#Cc1ccc([C@@H]2[C@H](CO)N3CCCCN(C(=O)COC)C[C@@H]23)cc1. The summed E-state index contributed by atoms with van der Waals surface area (Å²) in [5.41, 5.74) is 2.14. The van der Waals surface area contributed by atoms with E-state index in [-0.39, 0.29) is 37.1 Å². The van der Waals surface area contributed by atoms with Crippen molar-refractivity contribution in [2.24, 2.45) is 0 Å². The van der Waals surface area contributed by atoms with Crippen LogP contribution in [0.5, 0.6) is 0 Å². The Morgan fingerprint density at radius 2 is 1.93 bits per heavy atom. The quantitative estimate of drug-likeness (QED) is 0.768. The molecule has 152 valence electrons. The van der Waals surface area contributed by atoms with Crippen molar-refractivity contribution in [3.8, 4) is 11.8 Å². The molecule has 1 amide bonds. The lowest BCUT2D eigenvalue weighted by Gasteiger charge is -2.57. The molecule has 2 saturated heterocycles. The van der Waals surface area contributed by atoms with Crippen LogP contribution < -0.4 is 0 Å². The van der Waals surface area contributed by atoms with E-state index in [1.165, 1.54) is 5.56 Å². The monoisotopic (exact) mass is 386 g/mol. The van der Waals surface area contributed by atoms with E-state index < -0.39 is 0 Å². The third kappa shape index (κ3) is 4.56. The highest BCUT2D eigenvalue weighted by atomic mass is 16.5. The lowest BCUT2D eigenvalue weighted by atomic mass is 9.74. The molecule has 2 heterocycles. The summed E-state index contributed by atoms with van der Waals surface area (Å²) in [5.74, 6) is 6.30. The number of methoxy groups -OCH3 is 2. The summed E-state index contributed by atoms with van der Waals surface area (Å²) in [7, 11) is 3.18. The van der Waals surface area contributed by atoms with Crippen molar-refractivity contribution in [2.45, 2.75) is 30.8 Å². The number of hydrogen-bond acceptors (Lipinski definition) is 5. The Morgan fingerprint density at radius 1 is 1.18 bits per heavy atom. The van der Waals surface area contributed by atoms with Gasteiger partial charge in [-0.05, 0) is 37.1 Å². The molecule has 0 aliphatic carbocycles. The molecule has 3 atom stereocenters. The number of amides is 1. The Balaban J connectivity index is 1.77. The van der Waals surface area contributed by atoms with Gasteiger partial charge in [-0.2, -0.15) is 0 Å². The number of nitrogens with zero attached hydrogens (tertiary/aromatic N) is 2. The molecule has 6 nitrogen and oxygen atoms in total. The number of fused-ring (bicyclic) bond motifs is 1. The summed E-state index contributed by atoms with van der Waals surface area (Å²) in [5, 5.41) is 10.00. The Morgan fingerprint density at radius 3 is 2.61 bits per heavy atom. The molecule has 0 saturated carbocycles. The average molecular weight is 386 g/mol. The number of rotatable bonds is 5. The smallest absolute Gasteiger partial charge is 0.248 e. The van der Waals surface area contributed by atoms with Crippen LogP contribution in [0.15, 0.2) is 24.3 Å². The highest BCUT2D eigenvalue weighted by Gasteiger charge is 2.49. The molecule has 3 rings (SSSR count). The van der Waals surface area contributed by atoms with E-state index in [9.17, 15) is 9.90 Å². The van der Waals surface area contributed by atoms with E-state index in [0.29, 0.717) is 13.2 Å². The maximum absolute atomic E-state index is 12.4. The van der Waals surface area contributed by atoms with E-state index in [4.69, 9.17) is 9.47 Å². The predicted molar refractivity (Wildman–Crippen MR) is 107 cm³/mol. The van der Waals surface area contributed by atoms with E-state index in [2.05, 4.69) is 28.9 Å². The number of benzene rings is 1. The first-order valence-electron chi connectivity index (χ1n) is 9.90. The second-order valence-electron chi connectivity index (χ2n) is 7.42. The molecule has 1 N–H and O–H groups in total. The van der Waals surface area contributed by atoms with Crippen molar-refractivity contribution < 1.29 is 19.4 Å². The Labute approximate surface area is 167 Å². The van der Waals surface area contributed by atoms with Crippen molar-refractivity contribution in [1.29, 1.82) is 0 Å². The zero-order chi connectivity index (χ0) is 19.9. The highest BCUT2D eigenvalue weighted by Crippen LogP contribution is 2.41. The number of aliphatic hydroxyl groups excluding tert-OH is 1. The van der Waals surface area contributed by atoms with Gasteiger partial charge in [-0.25, -0.2) is 0 Å². The second-order valence-corrected chi connectivity index (χ2v) is 7.42. The lowest BCUT2D eigenvalue weighted by Crippen LogP contribution is -2.68. The van der Waals surface area contributed by atoms with Crippen molar-refractivity contribution in [3.63, 3.8) is 0 Å². The fraction of sp³-hybridized carbons (Fsp3) is 0.591. The molecule has 1 aromatic carbocycles. The normalized spacial score (nSPS) is 25.0. The zero-order valence-corrected chi connectivity index (χ0v) is 16.8. The predicted octanol–water partition coefficient (Wildman–Crippen LogP) is 1.08. The van der Waals surface area contributed by atoms with Gasteiger partial charge in [-0.15, -0.1) is 0 Å². The van der Waals surface area contributed by atoms with Gasteiger partial charge in [0.05, 0.1) is 6.61 Å². The minimum absolute atomic E-state index is 0.0410. The van der Waals surface area contributed by atoms with E-state index in [1.807, 2.05) is 17.0 Å². The minimum atomic E-state index is 0.0410. The van der Waals surface area contributed by atoms with Crippen molar-refractivity contribution >= 4 is 5.91 Å². The van der Waals surface area contributed by atoms with Gasteiger partial charge in [0.25, 0.3) is 0 Å². The van der Waals surface area contributed by atoms with Crippen LogP contribution in [0.4, 0.5) is 0 Å². The maximum atomic E-state index is 12.4. The molecular formula is C22H30N2O4. The lowest BCUT2D eigenvalue weighted by molar-refractivity contribution is -0.140. The van der Waals surface area contributed by atoms with Gasteiger partial charge in [0.2, 0.25) is 5.91 Å². The molecule has 6 heteroatoms. The third-order valence-electron chi connectivity index (χ3n) is 5.74. The van der Waals surface area contributed by atoms with Gasteiger partial charge < -0.3 is 19.5 Å². The number of ether oxygens (including phenoxy) is 2. The van der Waals surface area contributed by atoms with Crippen LogP contribution in [0.25, 0.3) is 0 Å².